The van der Waals surface area contributed by atoms with E-state index in [9.17, 15) is 24.0 Å². The van der Waals surface area contributed by atoms with Crippen LogP contribution in [0.15, 0.2) is 30.3 Å². The number of rotatable bonds is 14. The van der Waals surface area contributed by atoms with Crippen molar-refractivity contribution >= 4 is 30.2 Å². The summed E-state index contributed by atoms with van der Waals surface area (Å²) in [5, 5.41) is 7.34. The van der Waals surface area contributed by atoms with Crippen molar-refractivity contribution in [2.24, 2.45) is 0 Å². The fraction of sp³-hybridized carbons (Fsp3) is 0.500. The van der Waals surface area contributed by atoms with Gasteiger partial charge in [-0.1, -0.05) is 43.7 Å². The number of unbranched alkanes of at least 4 members (excludes halogenated alkanes) is 1. The lowest BCUT2D eigenvalue weighted by Gasteiger charge is -2.20. The standard InChI is InChI=1S/C22H31N3O7/c1-3-4-13-31-21(29)18(11-8-12-23-19(27)14-26)25-20(28)16(2)24-22(30)32-15-17-9-6-5-7-10-17/h5-7,9-10,14,16,18H,3-4,8,11-13,15H2,1-2H3,(H,23,27)(H,24,30)(H,25,28). The van der Waals surface area contributed by atoms with Gasteiger partial charge in [0.2, 0.25) is 12.2 Å². The molecule has 176 valence electrons. The summed E-state index contributed by atoms with van der Waals surface area (Å²) in [6, 6.07) is 7.16. The van der Waals surface area contributed by atoms with Crippen LogP contribution in [-0.4, -0.2) is 55.4 Å². The quantitative estimate of drug-likeness (QED) is 0.168. The van der Waals surface area contributed by atoms with Crippen LogP contribution in [0.5, 0.6) is 0 Å². The van der Waals surface area contributed by atoms with Crippen LogP contribution in [-0.2, 0) is 35.3 Å². The molecule has 32 heavy (non-hydrogen) atoms. The molecule has 0 spiro atoms. The smallest absolute Gasteiger partial charge is 0.408 e. The van der Waals surface area contributed by atoms with Crippen LogP contribution in [0.25, 0.3) is 0 Å². The number of aldehydes is 1. The Kier molecular flexibility index (Phi) is 12.8. The van der Waals surface area contributed by atoms with Gasteiger partial charge in [-0.2, -0.15) is 0 Å². The summed E-state index contributed by atoms with van der Waals surface area (Å²) in [6.07, 6.45) is 1.43. The third kappa shape index (κ3) is 11.1. The third-order valence-corrected chi connectivity index (χ3v) is 4.36. The number of esters is 1. The first-order chi connectivity index (χ1) is 15.4. The average Bonchev–Trinajstić information content (AvgIpc) is 2.79. The van der Waals surface area contributed by atoms with Gasteiger partial charge < -0.3 is 25.4 Å². The van der Waals surface area contributed by atoms with Crippen molar-refractivity contribution < 1.29 is 33.4 Å². The minimum absolute atomic E-state index is 0.0555. The highest BCUT2D eigenvalue weighted by atomic mass is 16.5. The van der Waals surface area contributed by atoms with E-state index >= 15 is 0 Å². The van der Waals surface area contributed by atoms with E-state index in [1.165, 1.54) is 6.92 Å². The molecule has 2 unspecified atom stereocenters. The van der Waals surface area contributed by atoms with Gasteiger partial charge in [-0.05, 0) is 31.7 Å². The molecular weight excluding hydrogens is 418 g/mol. The normalized spacial score (nSPS) is 12.1. The monoisotopic (exact) mass is 449 g/mol. The molecule has 3 amide bonds. The summed E-state index contributed by atoms with van der Waals surface area (Å²) in [5.41, 5.74) is 0.802. The fourth-order valence-electron chi connectivity index (χ4n) is 2.53. The number of carbonyl (C=O) groups excluding carboxylic acids is 5. The second-order valence-corrected chi connectivity index (χ2v) is 7.06. The van der Waals surface area contributed by atoms with Crippen molar-refractivity contribution in [3.63, 3.8) is 0 Å². The van der Waals surface area contributed by atoms with E-state index in [-0.39, 0.29) is 32.5 Å². The number of amides is 3. The second kappa shape index (κ2) is 15.4. The maximum absolute atomic E-state index is 12.5. The van der Waals surface area contributed by atoms with Crippen LogP contribution >= 0.6 is 0 Å². The van der Waals surface area contributed by atoms with Gasteiger partial charge in [-0.25, -0.2) is 9.59 Å². The van der Waals surface area contributed by atoms with E-state index in [2.05, 4.69) is 16.0 Å². The molecule has 1 aromatic rings. The van der Waals surface area contributed by atoms with Crippen LogP contribution in [0.1, 0.15) is 45.1 Å². The third-order valence-electron chi connectivity index (χ3n) is 4.36. The number of carbonyl (C=O) groups is 5. The molecule has 10 heteroatoms. The topological polar surface area (TPSA) is 140 Å². The summed E-state index contributed by atoms with van der Waals surface area (Å²) in [6.45, 7) is 3.85. The molecule has 0 radical (unpaired) electrons. The fourth-order valence-corrected chi connectivity index (χ4v) is 2.53. The number of benzene rings is 1. The molecule has 0 saturated carbocycles. The van der Waals surface area contributed by atoms with E-state index in [0.29, 0.717) is 12.8 Å². The molecular formula is C22H31N3O7. The number of hydrogen-bond acceptors (Lipinski definition) is 7. The molecule has 0 aliphatic heterocycles. The van der Waals surface area contributed by atoms with Crippen molar-refractivity contribution in [1.29, 1.82) is 0 Å². The van der Waals surface area contributed by atoms with E-state index in [0.717, 1.165) is 12.0 Å². The highest BCUT2D eigenvalue weighted by Crippen LogP contribution is 2.04. The van der Waals surface area contributed by atoms with Gasteiger partial charge in [0, 0.05) is 6.54 Å². The molecule has 0 aliphatic rings. The highest BCUT2D eigenvalue weighted by Gasteiger charge is 2.25. The summed E-state index contributed by atoms with van der Waals surface area (Å²) >= 11 is 0. The largest absolute Gasteiger partial charge is 0.464 e. The maximum Gasteiger partial charge on any atom is 0.408 e. The van der Waals surface area contributed by atoms with Gasteiger partial charge in [-0.3, -0.25) is 14.4 Å². The van der Waals surface area contributed by atoms with Crippen molar-refractivity contribution in [2.75, 3.05) is 13.2 Å². The Morgan fingerprint density at radius 2 is 1.75 bits per heavy atom. The van der Waals surface area contributed by atoms with Crippen molar-refractivity contribution in [3.05, 3.63) is 35.9 Å². The predicted octanol–water partition coefficient (Wildman–Crippen LogP) is 1.22. The number of hydrogen-bond donors (Lipinski definition) is 3. The van der Waals surface area contributed by atoms with Gasteiger partial charge in [-0.15, -0.1) is 0 Å². The molecule has 1 rings (SSSR count). The molecule has 0 fully saturated rings. The first-order valence-corrected chi connectivity index (χ1v) is 10.5. The zero-order chi connectivity index (χ0) is 23.8. The molecule has 0 heterocycles. The van der Waals surface area contributed by atoms with E-state index < -0.39 is 36.0 Å². The zero-order valence-electron chi connectivity index (χ0n) is 18.4. The van der Waals surface area contributed by atoms with Crippen LogP contribution in [0.3, 0.4) is 0 Å². The molecule has 2 atom stereocenters. The van der Waals surface area contributed by atoms with E-state index in [1.54, 1.807) is 12.1 Å². The van der Waals surface area contributed by atoms with Crippen LogP contribution in [0.4, 0.5) is 4.79 Å². The van der Waals surface area contributed by atoms with Gasteiger partial charge in [0.05, 0.1) is 6.61 Å². The lowest BCUT2D eigenvalue weighted by atomic mass is 10.1. The molecule has 10 nitrogen and oxygen atoms in total. The Labute approximate surface area is 187 Å². The first-order valence-electron chi connectivity index (χ1n) is 10.5. The van der Waals surface area contributed by atoms with Crippen LogP contribution < -0.4 is 16.0 Å². The molecule has 3 N–H and O–H groups in total. The van der Waals surface area contributed by atoms with Crippen LogP contribution in [0.2, 0.25) is 0 Å². The number of ether oxygens (including phenoxy) is 2. The van der Waals surface area contributed by atoms with Crippen molar-refractivity contribution in [1.82, 2.24) is 16.0 Å². The molecule has 0 saturated heterocycles. The Balaban J connectivity index is 2.54. The summed E-state index contributed by atoms with van der Waals surface area (Å²) in [7, 11) is 0. The molecule has 0 aliphatic carbocycles. The number of nitrogens with one attached hydrogen (secondary N) is 3. The van der Waals surface area contributed by atoms with Crippen molar-refractivity contribution in [3.8, 4) is 0 Å². The predicted molar refractivity (Wildman–Crippen MR) is 115 cm³/mol. The Bertz CT molecular complexity index is 755. The molecule has 0 bridgehead atoms. The summed E-state index contributed by atoms with van der Waals surface area (Å²) in [4.78, 5) is 58.1. The van der Waals surface area contributed by atoms with Gasteiger partial charge in [0.25, 0.3) is 5.91 Å². The minimum atomic E-state index is -0.961. The summed E-state index contributed by atoms with van der Waals surface area (Å²) in [5.74, 6) is -1.95. The Morgan fingerprint density at radius 3 is 2.41 bits per heavy atom. The van der Waals surface area contributed by atoms with E-state index in [4.69, 9.17) is 9.47 Å². The lowest BCUT2D eigenvalue weighted by molar-refractivity contribution is -0.148. The average molecular weight is 450 g/mol. The molecule has 1 aromatic carbocycles. The van der Waals surface area contributed by atoms with Gasteiger partial charge in [0.15, 0.2) is 0 Å². The lowest BCUT2D eigenvalue weighted by Crippen LogP contribution is -2.51. The Morgan fingerprint density at radius 1 is 1.03 bits per heavy atom. The maximum atomic E-state index is 12.5. The SMILES string of the molecule is CCCCOC(=O)C(CCCNC(=O)C=O)NC(=O)C(C)NC(=O)OCc1ccccc1. The number of alkyl carbamates (subject to hydrolysis) is 1. The first kappa shape index (κ1) is 26.6. The van der Waals surface area contributed by atoms with E-state index in [1.807, 2.05) is 25.1 Å². The minimum Gasteiger partial charge on any atom is -0.464 e. The summed E-state index contributed by atoms with van der Waals surface area (Å²) < 4.78 is 10.3. The van der Waals surface area contributed by atoms with Gasteiger partial charge >= 0.3 is 12.1 Å². The highest BCUT2D eigenvalue weighted by molar-refractivity contribution is 6.23. The van der Waals surface area contributed by atoms with Gasteiger partial charge in [0.1, 0.15) is 18.7 Å². The van der Waals surface area contributed by atoms with Crippen LogP contribution in [0, 0.1) is 0 Å². The zero-order valence-corrected chi connectivity index (χ0v) is 18.4. The Hall–Kier alpha value is -3.43. The molecule has 0 aromatic heterocycles. The van der Waals surface area contributed by atoms with Crippen molar-refractivity contribution in [2.45, 2.75) is 58.2 Å². The second-order valence-electron chi connectivity index (χ2n) is 7.06.